The summed E-state index contributed by atoms with van der Waals surface area (Å²) in [6.07, 6.45) is 0. The van der Waals surface area contributed by atoms with Gasteiger partial charge in [0, 0.05) is 18.7 Å². The van der Waals surface area contributed by atoms with Gasteiger partial charge in [-0.15, -0.1) is 0 Å². The lowest BCUT2D eigenvalue weighted by Gasteiger charge is -1.96. The van der Waals surface area contributed by atoms with Crippen molar-refractivity contribution in [2.45, 2.75) is 6.54 Å². The normalized spacial score (nSPS) is 11.8. The summed E-state index contributed by atoms with van der Waals surface area (Å²) in [5, 5.41) is 0. The van der Waals surface area contributed by atoms with Crippen molar-refractivity contribution in [3.05, 3.63) is 34.1 Å². The van der Waals surface area contributed by atoms with E-state index >= 15 is 0 Å². The Hall–Kier alpha value is -1.47. The summed E-state index contributed by atoms with van der Waals surface area (Å²) in [5.74, 6) is -0.894. The van der Waals surface area contributed by atoms with Crippen LogP contribution in [0.25, 0.3) is 16.8 Å². The number of aromatic amines is 1. The van der Waals surface area contributed by atoms with Crippen molar-refractivity contribution in [3.8, 4) is 0 Å². The first-order valence-electron chi connectivity index (χ1n) is 4.85. The molecule has 88 valence electrons. The minimum absolute atomic E-state index is 0.127. The van der Waals surface area contributed by atoms with Crippen LogP contribution >= 0.6 is 15.9 Å². The SMILES string of the molecule is NCc1[nH]c2nc3c(F)cc(F)cc3n2c1Br. The van der Waals surface area contributed by atoms with Gasteiger partial charge in [-0.05, 0) is 15.9 Å². The van der Waals surface area contributed by atoms with Crippen LogP contribution in [0, 0.1) is 11.6 Å². The highest BCUT2D eigenvalue weighted by Gasteiger charge is 2.16. The molecule has 0 aliphatic carbocycles. The molecule has 17 heavy (non-hydrogen) atoms. The van der Waals surface area contributed by atoms with Crippen molar-refractivity contribution in [1.82, 2.24) is 14.4 Å². The van der Waals surface area contributed by atoms with Gasteiger partial charge in [0.1, 0.15) is 15.9 Å². The van der Waals surface area contributed by atoms with E-state index < -0.39 is 11.6 Å². The zero-order valence-corrected chi connectivity index (χ0v) is 10.1. The summed E-state index contributed by atoms with van der Waals surface area (Å²) in [6, 6.07) is 2.05. The first-order valence-corrected chi connectivity index (χ1v) is 5.64. The van der Waals surface area contributed by atoms with E-state index in [0.717, 1.165) is 11.8 Å². The van der Waals surface area contributed by atoms with Gasteiger partial charge in [0.25, 0.3) is 0 Å². The van der Waals surface area contributed by atoms with Crippen LogP contribution in [0.1, 0.15) is 5.69 Å². The maximum Gasteiger partial charge on any atom is 0.213 e. The highest BCUT2D eigenvalue weighted by Crippen LogP contribution is 2.26. The molecule has 0 spiro atoms. The van der Waals surface area contributed by atoms with E-state index in [2.05, 4.69) is 25.9 Å². The molecule has 0 fully saturated rings. The van der Waals surface area contributed by atoms with E-state index in [1.54, 1.807) is 4.40 Å². The third-order valence-corrected chi connectivity index (χ3v) is 3.42. The quantitative estimate of drug-likeness (QED) is 0.724. The molecule has 0 saturated carbocycles. The van der Waals surface area contributed by atoms with Gasteiger partial charge in [0.2, 0.25) is 5.78 Å². The smallest absolute Gasteiger partial charge is 0.213 e. The molecular formula is C10H7BrF2N4. The van der Waals surface area contributed by atoms with Gasteiger partial charge in [-0.25, -0.2) is 13.8 Å². The summed E-state index contributed by atoms with van der Waals surface area (Å²) >= 11 is 3.33. The van der Waals surface area contributed by atoms with Gasteiger partial charge in [-0.1, -0.05) is 0 Å². The number of hydrogen-bond acceptors (Lipinski definition) is 2. The largest absolute Gasteiger partial charge is 0.325 e. The molecule has 0 aliphatic rings. The predicted molar refractivity (Wildman–Crippen MR) is 62.6 cm³/mol. The lowest BCUT2D eigenvalue weighted by Crippen LogP contribution is -1.97. The maximum absolute atomic E-state index is 13.5. The standard InChI is InChI=1S/C10H7BrF2N4/c11-9-6(3-14)15-10-16-8-5(13)1-4(12)2-7(8)17(9)10/h1-2H,3,14H2,(H,15,16). The Balaban J connectivity index is 2.51. The predicted octanol–water partition coefficient (Wildman–Crippen LogP) is 2.32. The average Bonchev–Trinajstić information content (AvgIpc) is 2.77. The molecule has 0 bridgehead atoms. The second kappa shape index (κ2) is 3.51. The molecule has 3 aromatic rings. The van der Waals surface area contributed by atoms with Gasteiger partial charge < -0.3 is 10.7 Å². The molecule has 3 N–H and O–H groups in total. The number of nitrogens with zero attached hydrogens (tertiary/aromatic N) is 2. The van der Waals surface area contributed by atoms with E-state index in [0.29, 0.717) is 15.9 Å². The molecular weight excluding hydrogens is 294 g/mol. The number of hydrogen-bond donors (Lipinski definition) is 2. The second-order valence-electron chi connectivity index (χ2n) is 3.62. The number of halogens is 3. The van der Waals surface area contributed by atoms with Crippen LogP contribution in [0.15, 0.2) is 16.7 Å². The third kappa shape index (κ3) is 1.39. The summed E-state index contributed by atoms with van der Waals surface area (Å²) < 4.78 is 28.9. The average molecular weight is 301 g/mol. The Bertz CT molecular complexity index is 731. The van der Waals surface area contributed by atoms with Gasteiger partial charge >= 0.3 is 0 Å². The number of aromatic nitrogens is 3. The number of nitrogens with one attached hydrogen (secondary N) is 1. The van der Waals surface area contributed by atoms with Crippen LogP contribution in [-0.4, -0.2) is 14.4 Å². The number of imidazole rings is 2. The molecule has 1 aromatic carbocycles. The van der Waals surface area contributed by atoms with Crippen LogP contribution in [0.3, 0.4) is 0 Å². The molecule has 0 unspecified atom stereocenters. The molecule has 0 aliphatic heterocycles. The Kier molecular flexibility index (Phi) is 2.20. The topological polar surface area (TPSA) is 59.1 Å². The first-order chi connectivity index (χ1) is 8.11. The zero-order chi connectivity index (χ0) is 12.2. The zero-order valence-electron chi connectivity index (χ0n) is 8.47. The van der Waals surface area contributed by atoms with Crippen LogP contribution in [0.4, 0.5) is 8.78 Å². The Morgan fingerprint density at radius 3 is 2.88 bits per heavy atom. The van der Waals surface area contributed by atoms with E-state index in [1.807, 2.05) is 0 Å². The Morgan fingerprint density at radius 1 is 1.41 bits per heavy atom. The van der Waals surface area contributed by atoms with Crippen LogP contribution < -0.4 is 5.73 Å². The van der Waals surface area contributed by atoms with Crippen molar-refractivity contribution in [2.24, 2.45) is 5.73 Å². The molecule has 0 saturated heterocycles. The molecule has 0 radical (unpaired) electrons. The lowest BCUT2D eigenvalue weighted by atomic mass is 10.3. The van der Waals surface area contributed by atoms with Gasteiger partial charge in [-0.3, -0.25) is 4.40 Å². The summed E-state index contributed by atoms with van der Waals surface area (Å²) in [6.45, 7) is 0.281. The first kappa shape index (κ1) is 10.7. The molecule has 2 heterocycles. The monoisotopic (exact) mass is 300 g/mol. The number of benzene rings is 1. The molecule has 7 heteroatoms. The summed E-state index contributed by atoms with van der Waals surface area (Å²) in [7, 11) is 0. The van der Waals surface area contributed by atoms with Gasteiger partial charge in [0.05, 0.1) is 11.2 Å². The maximum atomic E-state index is 13.5. The molecule has 3 rings (SSSR count). The van der Waals surface area contributed by atoms with Crippen molar-refractivity contribution in [3.63, 3.8) is 0 Å². The minimum atomic E-state index is -0.682. The summed E-state index contributed by atoms with van der Waals surface area (Å²) in [4.78, 5) is 7.01. The highest BCUT2D eigenvalue weighted by molar-refractivity contribution is 9.10. The third-order valence-electron chi connectivity index (χ3n) is 2.59. The number of rotatable bonds is 1. The van der Waals surface area contributed by atoms with Gasteiger partial charge in [0.15, 0.2) is 5.82 Å². The Morgan fingerprint density at radius 2 is 2.18 bits per heavy atom. The Labute approximate surface area is 103 Å². The molecule has 0 atom stereocenters. The number of H-pyrrole nitrogens is 1. The second-order valence-corrected chi connectivity index (χ2v) is 4.38. The van der Waals surface area contributed by atoms with Crippen LogP contribution in [-0.2, 0) is 6.54 Å². The van der Waals surface area contributed by atoms with Crippen LogP contribution in [0.2, 0.25) is 0 Å². The lowest BCUT2D eigenvalue weighted by molar-refractivity contribution is 0.590. The molecule has 0 amide bonds. The number of nitrogens with two attached hydrogens (primary N) is 1. The van der Waals surface area contributed by atoms with Crippen molar-refractivity contribution in [2.75, 3.05) is 0 Å². The fourth-order valence-electron chi connectivity index (χ4n) is 1.84. The molecule has 2 aromatic heterocycles. The van der Waals surface area contributed by atoms with Crippen molar-refractivity contribution >= 4 is 32.7 Å². The highest BCUT2D eigenvalue weighted by atomic mass is 79.9. The van der Waals surface area contributed by atoms with E-state index in [4.69, 9.17) is 5.73 Å². The van der Waals surface area contributed by atoms with Gasteiger partial charge in [-0.2, -0.15) is 0 Å². The van der Waals surface area contributed by atoms with E-state index in [-0.39, 0.29) is 12.1 Å². The van der Waals surface area contributed by atoms with Crippen molar-refractivity contribution in [1.29, 1.82) is 0 Å². The van der Waals surface area contributed by atoms with E-state index in [1.165, 1.54) is 6.07 Å². The summed E-state index contributed by atoms with van der Waals surface area (Å²) in [5.41, 5.74) is 6.74. The minimum Gasteiger partial charge on any atom is -0.325 e. The van der Waals surface area contributed by atoms with Crippen LogP contribution in [0.5, 0.6) is 0 Å². The van der Waals surface area contributed by atoms with E-state index in [9.17, 15) is 8.78 Å². The molecule has 4 nitrogen and oxygen atoms in total. The van der Waals surface area contributed by atoms with Crippen molar-refractivity contribution < 1.29 is 8.78 Å². The fraction of sp³-hybridized carbons (Fsp3) is 0.100. The number of fused-ring (bicyclic) bond motifs is 3. The fourth-order valence-corrected chi connectivity index (χ4v) is 2.46.